The molecule has 0 bridgehead atoms. The van der Waals surface area contributed by atoms with Crippen molar-refractivity contribution in [1.29, 1.82) is 0 Å². The average Bonchev–Trinajstić information content (AvgIpc) is 2.70. The van der Waals surface area contributed by atoms with Gasteiger partial charge >= 0.3 is 0 Å². The highest BCUT2D eigenvalue weighted by Gasteiger charge is 2.18. The minimum absolute atomic E-state index is 0.143. The van der Waals surface area contributed by atoms with E-state index in [0.29, 0.717) is 23.3 Å². The Hall–Kier alpha value is -3.33. The summed E-state index contributed by atoms with van der Waals surface area (Å²) >= 11 is 0. The van der Waals surface area contributed by atoms with E-state index in [1.165, 1.54) is 0 Å². The van der Waals surface area contributed by atoms with Gasteiger partial charge in [0.15, 0.2) is 5.76 Å². The van der Waals surface area contributed by atoms with Gasteiger partial charge in [-0.25, -0.2) is 0 Å². The van der Waals surface area contributed by atoms with Crippen molar-refractivity contribution in [3.8, 4) is 17.1 Å². The van der Waals surface area contributed by atoms with Crippen molar-refractivity contribution < 1.29 is 9.15 Å². The zero-order chi connectivity index (χ0) is 19.7. The van der Waals surface area contributed by atoms with Gasteiger partial charge in [0.1, 0.15) is 12.2 Å². The monoisotopic (exact) mass is 370 g/mol. The molecule has 0 unspecified atom stereocenters. The van der Waals surface area contributed by atoms with Crippen LogP contribution in [0, 0.1) is 20.8 Å². The molecule has 3 heteroatoms. The molecule has 0 N–H and O–H groups in total. The molecule has 4 aromatic rings. The van der Waals surface area contributed by atoms with Gasteiger partial charge in [0.05, 0.1) is 5.39 Å². The molecule has 0 aliphatic heterocycles. The van der Waals surface area contributed by atoms with E-state index < -0.39 is 0 Å². The first-order valence-corrected chi connectivity index (χ1v) is 9.35. The Labute approximate surface area is 164 Å². The SMILES string of the molecule is Cc1ccc(-c2oc3cc(C)c(C)cc3c(=O)c2OCc2ccccc2)cc1. The second kappa shape index (κ2) is 7.35. The molecule has 0 fully saturated rings. The van der Waals surface area contributed by atoms with Crippen LogP contribution in [0.1, 0.15) is 22.3 Å². The summed E-state index contributed by atoms with van der Waals surface area (Å²) in [5.74, 6) is 0.722. The van der Waals surface area contributed by atoms with Crippen LogP contribution in [0.15, 0.2) is 75.9 Å². The first-order valence-electron chi connectivity index (χ1n) is 9.35. The molecule has 1 aromatic heterocycles. The predicted molar refractivity (Wildman–Crippen MR) is 113 cm³/mol. The summed E-state index contributed by atoms with van der Waals surface area (Å²) in [6, 6.07) is 21.5. The summed E-state index contributed by atoms with van der Waals surface area (Å²) in [4.78, 5) is 13.3. The van der Waals surface area contributed by atoms with E-state index in [4.69, 9.17) is 9.15 Å². The van der Waals surface area contributed by atoms with Gasteiger partial charge in [0.2, 0.25) is 11.2 Å². The zero-order valence-electron chi connectivity index (χ0n) is 16.3. The Morgan fingerprint density at radius 1 is 0.857 bits per heavy atom. The van der Waals surface area contributed by atoms with Crippen molar-refractivity contribution in [2.24, 2.45) is 0 Å². The van der Waals surface area contributed by atoms with Crippen LogP contribution in [0.4, 0.5) is 0 Å². The lowest BCUT2D eigenvalue weighted by Crippen LogP contribution is -2.10. The maximum absolute atomic E-state index is 13.3. The first kappa shape index (κ1) is 18.1. The molecule has 0 amide bonds. The lowest BCUT2D eigenvalue weighted by Gasteiger charge is -2.13. The molecule has 0 aliphatic carbocycles. The number of hydrogen-bond acceptors (Lipinski definition) is 3. The predicted octanol–water partition coefficient (Wildman–Crippen LogP) is 5.96. The standard InChI is InChI=1S/C25H22O3/c1-16-9-11-20(12-10-16)24-25(27-15-19-7-5-4-6-8-19)23(26)21-13-17(2)18(3)14-22(21)28-24/h4-14H,15H2,1-3H3. The summed E-state index contributed by atoms with van der Waals surface area (Å²) in [7, 11) is 0. The van der Waals surface area contributed by atoms with Gasteiger partial charge in [0, 0.05) is 5.56 Å². The van der Waals surface area contributed by atoms with Gasteiger partial charge in [-0.05, 0) is 49.6 Å². The van der Waals surface area contributed by atoms with E-state index >= 15 is 0 Å². The summed E-state index contributed by atoms with van der Waals surface area (Å²) < 4.78 is 12.2. The average molecular weight is 370 g/mol. The van der Waals surface area contributed by atoms with E-state index in [-0.39, 0.29) is 11.2 Å². The summed E-state index contributed by atoms with van der Waals surface area (Å²) in [5, 5.41) is 0.544. The Morgan fingerprint density at radius 3 is 2.25 bits per heavy atom. The minimum atomic E-state index is -0.143. The molecule has 0 atom stereocenters. The molecule has 3 nitrogen and oxygen atoms in total. The van der Waals surface area contributed by atoms with E-state index in [9.17, 15) is 4.79 Å². The van der Waals surface area contributed by atoms with E-state index in [1.807, 2.05) is 87.5 Å². The maximum atomic E-state index is 13.3. The smallest absolute Gasteiger partial charge is 0.235 e. The molecule has 28 heavy (non-hydrogen) atoms. The van der Waals surface area contributed by atoms with Gasteiger partial charge < -0.3 is 9.15 Å². The molecule has 0 saturated carbocycles. The topological polar surface area (TPSA) is 39.4 Å². The Morgan fingerprint density at radius 2 is 1.54 bits per heavy atom. The van der Waals surface area contributed by atoms with Gasteiger partial charge in [-0.1, -0.05) is 60.2 Å². The first-order chi connectivity index (χ1) is 13.5. The lowest BCUT2D eigenvalue weighted by atomic mass is 10.0. The van der Waals surface area contributed by atoms with Crippen LogP contribution in [-0.4, -0.2) is 0 Å². The molecule has 0 radical (unpaired) electrons. The second-order valence-electron chi connectivity index (χ2n) is 7.16. The summed E-state index contributed by atoms with van der Waals surface area (Å²) in [5.41, 5.74) is 5.54. The highest BCUT2D eigenvalue weighted by atomic mass is 16.5. The van der Waals surface area contributed by atoms with Crippen molar-refractivity contribution in [3.63, 3.8) is 0 Å². The molecular formula is C25H22O3. The fourth-order valence-electron chi connectivity index (χ4n) is 3.19. The van der Waals surface area contributed by atoms with Crippen molar-refractivity contribution in [2.45, 2.75) is 27.4 Å². The lowest BCUT2D eigenvalue weighted by molar-refractivity contribution is 0.298. The molecular weight excluding hydrogens is 348 g/mol. The van der Waals surface area contributed by atoms with Crippen LogP contribution in [-0.2, 0) is 6.61 Å². The highest BCUT2D eigenvalue weighted by Crippen LogP contribution is 2.32. The van der Waals surface area contributed by atoms with Crippen LogP contribution in [0.5, 0.6) is 5.75 Å². The van der Waals surface area contributed by atoms with Crippen molar-refractivity contribution >= 4 is 11.0 Å². The van der Waals surface area contributed by atoms with Crippen LogP contribution in [0.25, 0.3) is 22.3 Å². The number of hydrogen-bond donors (Lipinski definition) is 0. The van der Waals surface area contributed by atoms with Gasteiger partial charge in [-0.2, -0.15) is 0 Å². The molecule has 3 aromatic carbocycles. The van der Waals surface area contributed by atoms with Crippen LogP contribution >= 0.6 is 0 Å². The number of benzene rings is 3. The molecule has 0 spiro atoms. The zero-order valence-corrected chi connectivity index (χ0v) is 16.3. The summed E-state index contributed by atoms with van der Waals surface area (Å²) in [6.07, 6.45) is 0. The Bertz CT molecular complexity index is 1190. The number of fused-ring (bicyclic) bond motifs is 1. The molecule has 0 saturated heterocycles. The quantitative estimate of drug-likeness (QED) is 0.445. The third-order valence-electron chi connectivity index (χ3n) is 5.00. The van der Waals surface area contributed by atoms with E-state index in [2.05, 4.69) is 0 Å². The van der Waals surface area contributed by atoms with Crippen molar-refractivity contribution in [2.75, 3.05) is 0 Å². The van der Waals surface area contributed by atoms with Crippen molar-refractivity contribution in [1.82, 2.24) is 0 Å². The number of rotatable bonds is 4. The molecule has 1 heterocycles. The third kappa shape index (κ3) is 3.44. The largest absolute Gasteiger partial charge is 0.481 e. The van der Waals surface area contributed by atoms with Gasteiger partial charge in [-0.3, -0.25) is 4.79 Å². The molecule has 4 rings (SSSR count). The van der Waals surface area contributed by atoms with E-state index in [0.717, 1.165) is 27.8 Å². The van der Waals surface area contributed by atoms with E-state index in [1.54, 1.807) is 0 Å². The molecule has 140 valence electrons. The third-order valence-corrected chi connectivity index (χ3v) is 5.00. The second-order valence-corrected chi connectivity index (χ2v) is 7.16. The molecule has 0 aliphatic rings. The van der Waals surface area contributed by atoms with Crippen LogP contribution in [0.2, 0.25) is 0 Å². The Kier molecular flexibility index (Phi) is 4.74. The van der Waals surface area contributed by atoms with Crippen LogP contribution in [0.3, 0.4) is 0 Å². The fourth-order valence-corrected chi connectivity index (χ4v) is 3.19. The Balaban J connectivity index is 1.89. The fraction of sp³-hybridized carbons (Fsp3) is 0.160. The normalized spacial score (nSPS) is 11.0. The highest BCUT2D eigenvalue weighted by molar-refractivity contribution is 5.83. The minimum Gasteiger partial charge on any atom is -0.481 e. The van der Waals surface area contributed by atoms with Crippen LogP contribution < -0.4 is 10.2 Å². The number of aryl methyl sites for hydroxylation is 3. The maximum Gasteiger partial charge on any atom is 0.235 e. The van der Waals surface area contributed by atoms with Crippen molar-refractivity contribution in [3.05, 3.63) is 99.2 Å². The summed E-state index contributed by atoms with van der Waals surface area (Å²) in [6.45, 7) is 6.34. The van der Waals surface area contributed by atoms with Gasteiger partial charge in [-0.15, -0.1) is 0 Å². The van der Waals surface area contributed by atoms with Gasteiger partial charge in [0.25, 0.3) is 0 Å². The number of ether oxygens (including phenoxy) is 1.